The molecule has 1 fully saturated rings. The number of halogens is 2. The number of aliphatic hydroxyl groups excluding tert-OH is 1. The number of nitrogens with one attached hydrogen (secondary N) is 1. The predicted molar refractivity (Wildman–Crippen MR) is 75.4 cm³/mol. The van der Waals surface area contributed by atoms with Gasteiger partial charge in [-0.05, 0) is 43.9 Å². The zero-order valence-electron chi connectivity index (χ0n) is 11.9. The fraction of sp³-hybridized carbons (Fsp3) is 0.625. The van der Waals surface area contributed by atoms with Gasteiger partial charge in [0.1, 0.15) is 11.6 Å². The summed E-state index contributed by atoms with van der Waals surface area (Å²) in [5, 5.41) is 13.3. The summed E-state index contributed by atoms with van der Waals surface area (Å²) >= 11 is 0. The summed E-state index contributed by atoms with van der Waals surface area (Å²) in [6.07, 6.45) is 5.23. The lowest BCUT2D eigenvalue weighted by Gasteiger charge is -2.29. The van der Waals surface area contributed by atoms with Crippen molar-refractivity contribution in [3.05, 3.63) is 35.4 Å². The van der Waals surface area contributed by atoms with Crippen LogP contribution in [0.5, 0.6) is 0 Å². The lowest BCUT2D eigenvalue weighted by atomic mass is 9.84. The average molecular weight is 283 g/mol. The zero-order valence-corrected chi connectivity index (χ0v) is 11.9. The molecule has 1 aromatic carbocycles. The van der Waals surface area contributed by atoms with Crippen LogP contribution in [0.15, 0.2) is 18.2 Å². The highest BCUT2D eigenvalue weighted by Gasteiger charge is 2.21. The second-order valence-electron chi connectivity index (χ2n) is 5.78. The van der Waals surface area contributed by atoms with Gasteiger partial charge in [0.05, 0.1) is 6.10 Å². The number of hydrogen-bond acceptors (Lipinski definition) is 2. The molecule has 2 rings (SSSR count). The number of hydrogen-bond donors (Lipinski definition) is 2. The van der Waals surface area contributed by atoms with E-state index >= 15 is 0 Å². The molecule has 20 heavy (non-hydrogen) atoms. The monoisotopic (exact) mass is 283 g/mol. The molecule has 1 aliphatic carbocycles. The van der Waals surface area contributed by atoms with Crippen molar-refractivity contribution in [2.24, 2.45) is 5.92 Å². The van der Waals surface area contributed by atoms with Crippen molar-refractivity contribution in [2.75, 3.05) is 6.54 Å². The molecular formula is C16H23F2NO. The Hall–Kier alpha value is -1.00. The second-order valence-corrected chi connectivity index (χ2v) is 5.78. The van der Waals surface area contributed by atoms with Gasteiger partial charge >= 0.3 is 0 Å². The minimum absolute atomic E-state index is 0.0216. The molecule has 1 unspecified atom stereocenters. The Labute approximate surface area is 119 Å². The van der Waals surface area contributed by atoms with Gasteiger partial charge in [-0.25, -0.2) is 8.78 Å². The van der Waals surface area contributed by atoms with Crippen LogP contribution in [-0.4, -0.2) is 17.7 Å². The van der Waals surface area contributed by atoms with E-state index in [9.17, 15) is 13.9 Å². The second kappa shape index (κ2) is 7.14. The van der Waals surface area contributed by atoms with Gasteiger partial charge in [0.25, 0.3) is 0 Å². The van der Waals surface area contributed by atoms with Crippen molar-refractivity contribution in [1.29, 1.82) is 0 Å². The molecule has 0 aliphatic heterocycles. The maximum Gasteiger partial charge on any atom is 0.129 e. The third-order valence-electron chi connectivity index (χ3n) is 4.31. The Bertz CT molecular complexity index is 432. The SMILES string of the molecule is C[C@@H](NCC(O)c1cc(F)ccc1F)C1CCCCC1. The van der Waals surface area contributed by atoms with Crippen molar-refractivity contribution in [3.63, 3.8) is 0 Å². The fourth-order valence-electron chi connectivity index (χ4n) is 2.98. The van der Waals surface area contributed by atoms with E-state index in [1.807, 2.05) is 0 Å². The van der Waals surface area contributed by atoms with Crippen LogP contribution in [0.3, 0.4) is 0 Å². The Morgan fingerprint density at radius 3 is 2.65 bits per heavy atom. The van der Waals surface area contributed by atoms with E-state index in [0.29, 0.717) is 12.0 Å². The summed E-state index contributed by atoms with van der Waals surface area (Å²) in [4.78, 5) is 0. The number of aliphatic hydroxyl groups is 1. The summed E-state index contributed by atoms with van der Waals surface area (Å²) < 4.78 is 26.6. The van der Waals surface area contributed by atoms with Crippen LogP contribution >= 0.6 is 0 Å². The minimum Gasteiger partial charge on any atom is -0.387 e. The van der Waals surface area contributed by atoms with Crippen molar-refractivity contribution < 1.29 is 13.9 Å². The summed E-state index contributed by atoms with van der Waals surface area (Å²) in [7, 11) is 0. The predicted octanol–water partition coefficient (Wildman–Crippen LogP) is 3.56. The van der Waals surface area contributed by atoms with E-state index < -0.39 is 17.7 Å². The van der Waals surface area contributed by atoms with Crippen LogP contribution in [0.25, 0.3) is 0 Å². The maximum absolute atomic E-state index is 13.5. The van der Waals surface area contributed by atoms with Crippen LogP contribution in [-0.2, 0) is 0 Å². The zero-order chi connectivity index (χ0) is 14.5. The van der Waals surface area contributed by atoms with E-state index in [1.165, 1.54) is 32.1 Å². The Kier molecular flexibility index (Phi) is 5.49. The van der Waals surface area contributed by atoms with E-state index in [2.05, 4.69) is 12.2 Å². The quantitative estimate of drug-likeness (QED) is 0.866. The van der Waals surface area contributed by atoms with E-state index in [1.54, 1.807) is 0 Å². The molecule has 0 heterocycles. The van der Waals surface area contributed by atoms with Crippen molar-refractivity contribution in [2.45, 2.75) is 51.2 Å². The van der Waals surface area contributed by atoms with Gasteiger partial charge in [0.2, 0.25) is 0 Å². The summed E-state index contributed by atoms with van der Waals surface area (Å²) in [6.45, 7) is 2.35. The molecule has 0 spiro atoms. The normalized spacial score (nSPS) is 19.8. The Balaban J connectivity index is 1.87. The molecule has 1 aromatic rings. The molecule has 0 amide bonds. The first-order chi connectivity index (χ1) is 9.58. The highest BCUT2D eigenvalue weighted by atomic mass is 19.1. The number of rotatable bonds is 5. The van der Waals surface area contributed by atoms with Crippen molar-refractivity contribution >= 4 is 0 Å². The van der Waals surface area contributed by atoms with Gasteiger partial charge in [-0.2, -0.15) is 0 Å². The highest BCUT2D eigenvalue weighted by Crippen LogP contribution is 2.26. The van der Waals surface area contributed by atoms with E-state index in [0.717, 1.165) is 18.2 Å². The largest absolute Gasteiger partial charge is 0.387 e. The van der Waals surface area contributed by atoms with Gasteiger partial charge in [-0.15, -0.1) is 0 Å². The summed E-state index contributed by atoms with van der Waals surface area (Å²) in [6, 6.07) is 3.47. The van der Waals surface area contributed by atoms with E-state index in [-0.39, 0.29) is 12.1 Å². The molecule has 0 bridgehead atoms. The fourth-order valence-corrected chi connectivity index (χ4v) is 2.98. The smallest absolute Gasteiger partial charge is 0.129 e. The van der Waals surface area contributed by atoms with E-state index in [4.69, 9.17) is 0 Å². The molecule has 1 saturated carbocycles. The topological polar surface area (TPSA) is 32.3 Å². The molecule has 2 atom stereocenters. The first kappa shape index (κ1) is 15.4. The molecule has 0 radical (unpaired) electrons. The molecule has 0 aromatic heterocycles. The first-order valence-electron chi connectivity index (χ1n) is 7.44. The maximum atomic E-state index is 13.5. The summed E-state index contributed by atoms with van der Waals surface area (Å²) in [5.41, 5.74) is 0.0216. The molecule has 2 nitrogen and oxygen atoms in total. The van der Waals surface area contributed by atoms with Crippen molar-refractivity contribution in [1.82, 2.24) is 5.32 Å². The molecule has 0 saturated heterocycles. The van der Waals surface area contributed by atoms with Crippen molar-refractivity contribution in [3.8, 4) is 0 Å². The molecule has 2 N–H and O–H groups in total. The highest BCUT2D eigenvalue weighted by molar-refractivity contribution is 5.21. The molecule has 1 aliphatic rings. The molecular weight excluding hydrogens is 260 g/mol. The van der Waals surface area contributed by atoms with Gasteiger partial charge in [0, 0.05) is 18.2 Å². The van der Waals surface area contributed by atoms with Crippen LogP contribution in [0.4, 0.5) is 8.78 Å². The average Bonchev–Trinajstić information content (AvgIpc) is 2.47. The lowest BCUT2D eigenvalue weighted by Crippen LogP contribution is -2.37. The van der Waals surface area contributed by atoms with Crippen LogP contribution < -0.4 is 5.32 Å². The molecule has 4 heteroatoms. The third kappa shape index (κ3) is 4.00. The van der Waals surface area contributed by atoms with Gasteiger partial charge in [-0.3, -0.25) is 0 Å². The summed E-state index contributed by atoms with van der Waals surface area (Å²) in [5.74, 6) is -0.472. The standard InChI is InChI=1S/C16H23F2NO/c1-11(12-5-3-2-4-6-12)19-10-16(20)14-9-13(17)7-8-15(14)18/h7-9,11-12,16,19-20H,2-6,10H2,1H3/t11-,16?/m1/s1. The molecule has 112 valence electrons. The van der Waals surface area contributed by atoms with Gasteiger partial charge in [-0.1, -0.05) is 19.3 Å². The number of benzene rings is 1. The van der Waals surface area contributed by atoms with Gasteiger partial charge < -0.3 is 10.4 Å². The first-order valence-corrected chi connectivity index (χ1v) is 7.44. The van der Waals surface area contributed by atoms with Crippen LogP contribution in [0, 0.1) is 17.6 Å². The van der Waals surface area contributed by atoms with Gasteiger partial charge in [0.15, 0.2) is 0 Å². The Morgan fingerprint density at radius 2 is 1.95 bits per heavy atom. The van der Waals surface area contributed by atoms with Crippen LogP contribution in [0.2, 0.25) is 0 Å². The third-order valence-corrected chi connectivity index (χ3v) is 4.31. The van der Waals surface area contributed by atoms with Crippen LogP contribution in [0.1, 0.15) is 50.7 Å². The lowest BCUT2D eigenvalue weighted by molar-refractivity contribution is 0.156. The minimum atomic E-state index is -1.02. The Morgan fingerprint density at radius 1 is 1.25 bits per heavy atom.